The van der Waals surface area contributed by atoms with E-state index in [1.807, 2.05) is 0 Å². The van der Waals surface area contributed by atoms with Crippen molar-refractivity contribution >= 4 is 5.97 Å². The van der Waals surface area contributed by atoms with Gasteiger partial charge in [0.15, 0.2) is 23.1 Å². The zero-order valence-corrected chi connectivity index (χ0v) is 10.0. The standard InChI is InChI=1S/C12H13FO5/c1-6(12(14)15)9-10(16-2)7(13)5-8-11(9)18-4-3-17-8/h5-6H,3-4H2,1-2H3,(H,14,15). The van der Waals surface area contributed by atoms with Crippen molar-refractivity contribution in [3.05, 3.63) is 17.4 Å². The third kappa shape index (κ3) is 1.94. The molecule has 1 heterocycles. The van der Waals surface area contributed by atoms with Crippen LogP contribution in [0.15, 0.2) is 6.07 Å². The second kappa shape index (κ2) is 4.72. The third-order valence-electron chi connectivity index (χ3n) is 2.78. The largest absolute Gasteiger partial charge is 0.493 e. The molecule has 18 heavy (non-hydrogen) atoms. The van der Waals surface area contributed by atoms with Gasteiger partial charge in [0.2, 0.25) is 0 Å². The molecule has 1 N–H and O–H groups in total. The van der Waals surface area contributed by atoms with Gasteiger partial charge >= 0.3 is 5.97 Å². The second-order valence-corrected chi connectivity index (χ2v) is 3.89. The molecule has 0 amide bonds. The van der Waals surface area contributed by atoms with Crippen molar-refractivity contribution in [2.75, 3.05) is 20.3 Å². The van der Waals surface area contributed by atoms with E-state index in [-0.39, 0.29) is 22.8 Å². The van der Waals surface area contributed by atoms with Crippen molar-refractivity contribution in [2.45, 2.75) is 12.8 Å². The molecule has 1 aliphatic rings. The number of hydrogen-bond donors (Lipinski definition) is 1. The summed E-state index contributed by atoms with van der Waals surface area (Å²) < 4.78 is 29.4. The van der Waals surface area contributed by atoms with Gasteiger partial charge in [-0.15, -0.1) is 0 Å². The quantitative estimate of drug-likeness (QED) is 0.893. The fourth-order valence-electron chi connectivity index (χ4n) is 1.89. The van der Waals surface area contributed by atoms with Gasteiger partial charge in [-0.25, -0.2) is 4.39 Å². The van der Waals surface area contributed by atoms with Crippen LogP contribution in [0, 0.1) is 5.82 Å². The highest BCUT2D eigenvalue weighted by Crippen LogP contribution is 2.45. The highest BCUT2D eigenvalue weighted by Gasteiger charge is 2.30. The molecule has 1 aliphatic heterocycles. The number of aliphatic carboxylic acids is 1. The maximum atomic E-state index is 13.8. The van der Waals surface area contributed by atoms with Crippen LogP contribution in [0.2, 0.25) is 0 Å². The van der Waals surface area contributed by atoms with Gasteiger partial charge in [-0.3, -0.25) is 4.79 Å². The summed E-state index contributed by atoms with van der Waals surface area (Å²) in [4.78, 5) is 11.1. The van der Waals surface area contributed by atoms with Gasteiger partial charge in [-0.05, 0) is 6.92 Å². The molecule has 0 saturated carbocycles. The lowest BCUT2D eigenvalue weighted by atomic mass is 9.98. The number of hydrogen-bond acceptors (Lipinski definition) is 4. The van der Waals surface area contributed by atoms with E-state index in [1.54, 1.807) is 0 Å². The number of fused-ring (bicyclic) bond motifs is 1. The van der Waals surface area contributed by atoms with Crippen LogP contribution < -0.4 is 14.2 Å². The van der Waals surface area contributed by atoms with E-state index < -0.39 is 17.7 Å². The summed E-state index contributed by atoms with van der Waals surface area (Å²) in [5, 5.41) is 9.07. The smallest absolute Gasteiger partial charge is 0.310 e. The Morgan fingerprint density at radius 2 is 2.17 bits per heavy atom. The van der Waals surface area contributed by atoms with E-state index >= 15 is 0 Å². The molecule has 0 fully saturated rings. The van der Waals surface area contributed by atoms with Crippen LogP contribution in [-0.4, -0.2) is 31.4 Å². The molecular weight excluding hydrogens is 243 g/mol. The number of carbonyl (C=O) groups is 1. The molecule has 0 aromatic heterocycles. The molecule has 98 valence electrons. The van der Waals surface area contributed by atoms with Crippen LogP contribution in [0.5, 0.6) is 17.2 Å². The van der Waals surface area contributed by atoms with Gasteiger partial charge in [0.25, 0.3) is 0 Å². The predicted octanol–water partition coefficient (Wildman–Crippen LogP) is 1.79. The highest BCUT2D eigenvalue weighted by molar-refractivity contribution is 5.79. The summed E-state index contributed by atoms with van der Waals surface area (Å²) in [5.74, 6) is -2.36. The number of carboxylic acid groups (broad SMARTS) is 1. The lowest BCUT2D eigenvalue weighted by Crippen LogP contribution is -2.20. The van der Waals surface area contributed by atoms with Crippen molar-refractivity contribution in [3.63, 3.8) is 0 Å². The second-order valence-electron chi connectivity index (χ2n) is 3.89. The van der Waals surface area contributed by atoms with Crippen LogP contribution in [-0.2, 0) is 4.79 Å². The Morgan fingerprint density at radius 3 is 2.78 bits per heavy atom. The average molecular weight is 256 g/mol. The summed E-state index contributed by atoms with van der Waals surface area (Å²) in [7, 11) is 1.28. The molecule has 5 nitrogen and oxygen atoms in total. The monoisotopic (exact) mass is 256 g/mol. The van der Waals surface area contributed by atoms with Crippen LogP contribution in [0.3, 0.4) is 0 Å². The van der Waals surface area contributed by atoms with Gasteiger partial charge in [0, 0.05) is 6.07 Å². The molecule has 0 aliphatic carbocycles. The van der Waals surface area contributed by atoms with Gasteiger partial charge < -0.3 is 19.3 Å². The summed E-state index contributed by atoms with van der Waals surface area (Å²) in [6.07, 6.45) is 0. The van der Waals surface area contributed by atoms with Crippen molar-refractivity contribution in [1.82, 2.24) is 0 Å². The fourth-order valence-corrected chi connectivity index (χ4v) is 1.89. The Hall–Kier alpha value is -1.98. The number of rotatable bonds is 3. The van der Waals surface area contributed by atoms with Crippen molar-refractivity contribution in [2.24, 2.45) is 0 Å². The van der Waals surface area contributed by atoms with Crippen LogP contribution in [0.25, 0.3) is 0 Å². The minimum atomic E-state index is -1.09. The maximum absolute atomic E-state index is 13.8. The normalized spacial score (nSPS) is 15.1. The Labute approximate surface area is 103 Å². The van der Waals surface area contributed by atoms with Gasteiger partial charge in [0.05, 0.1) is 18.6 Å². The first-order chi connectivity index (χ1) is 8.56. The molecule has 1 unspecified atom stereocenters. The van der Waals surface area contributed by atoms with Crippen molar-refractivity contribution in [3.8, 4) is 17.2 Å². The number of halogens is 1. The molecule has 1 aromatic rings. The summed E-state index contributed by atoms with van der Waals surface area (Å²) in [5.41, 5.74) is 0.166. The van der Waals surface area contributed by atoms with Crippen LogP contribution >= 0.6 is 0 Å². The maximum Gasteiger partial charge on any atom is 0.310 e. The van der Waals surface area contributed by atoms with Gasteiger partial charge in [0.1, 0.15) is 13.2 Å². The SMILES string of the molecule is COc1c(F)cc2c(c1C(C)C(=O)O)OCCO2. The molecule has 0 bridgehead atoms. The van der Waals surface area contributed by atoms with E-state index in [0.29, 0.717) is 13.2 Å². The third-order valence-corrected chi connectivity index (χ3v) is 2.78. The van der Waals surface area contributed by atoms with E-state index in [1.165, 1.54) is 14.0 Å². The van der Waals surface area contributed by atoms with E-state index in [2.05, 4.69) is 0 Å². The first-order valence-corrected chi connectivity index (χ1v) is 5.45. The van der Waals surface area contributed by atoms with E-state index in [9.17, 15) is 9.18 Å². The minimum absolute atomic E-state index is 0.117. The minimum Gasteiger partial charge on any atom is -0.493 e. The molecule has 0 radical (unpaired) electrons. The lowest BCUT2D eigenvalue weighted by Gasteiger charge is -2.24. The fraction of sp³-hybridized carbons (Fsp3) is 0.417. The predicted molar refractivity (Wildman–Crippen MR) is 60.0 cm³/mol. The molecule has 6 heteroatoms. The Kier molecular flexibility index (Phi) is 3.27. The number of ether oxygens (including phenoxy) is 3. The Morgan fingerprint density at radius 1 is 1.50 bits per heavy atom. The molecule has 0 saturated heterocycles. The first kappa shape index (κ1) is 12.5. The van der Waals surface area contributed by atoms with Crippen molar-refractivity contribution in [1.29, 1.82) is 0 Å². The number of methoxy groups -OCH3 is 1. The average Bonchev–Trinajstić information content (AvgIpc) is 2.36. The molecule has 1 aromatic carbocycles. The van der Waals surface area contributed by atoms with E-state index in [0.717, 1.165) is 6.07 Å². The topological polar surface area (TPSA) is 65.0 Å². The van der Waals surface area contributed by atoms with Gasteiger partial charge in [-0.1, -0.05) is 0 Å². The number of benzene rings is 1. The molecular formula is C12H13FO5. The first-order valence-electron chi connectivity index (χ1n) is 5.45. The van der Waals surface area contributed by atoms with Crippen LogP contribution in [0.4, 0.5) is 4.39 Å². The molecule has 2 rings (SSSR count). The summed E-state index contributed by atoms with van der Waals surface area (Å²) in [6.45, 7) is 2.04. The summed E-state index contributed by atoms with van der Waals surface area (Å²) in [6, 6.07) is 1.14. The Balaban J connectivity index is 2.65. The van der Waals surface area contributed by atoms with Crippen molar-refractivity contribution < 1.29 is 28.5 Å². The van der Waals surface area contributed by atoms with Crippen LogP contribution in [0.1, 0.15) is 18.4 Å². The van der Waals surface area contributed by atoms with Gasteiger partial charge in [-0.2, -0.15) is 0 Å². The molecule has 0 spiro atoms. The number of carboxylic acids is 1. The zero-order valence-electron chi connectivity index (χ0n) is 10.0. The molecule has 1 atom stereocenters. The summed E-state index contributed by atoms with van der Waals surface area (Å²) >= 11 is 0. The lowest BCUT2D eigenvalue weighted by molar-refractivity contribution is -0.138. The Bertz CT molecular complexity index is 486. The highest BCUT2D eigenvalue weighted by atomic mass is 19.1. The zero-order chi connectivity index (χ0) is 13.3. The van der Waals surface area contributed by atoms with E-state index in [4.69, 9.17) is 19.3 Å².